The number of carbonyl (C=O) groups is 1. The minimum atomic E-state index is -0.0719. The maximum absolute atomic E-state index is 12.8. The predicted octanol–water partition coefficient (Wildman–Crippen LogP) is 3.05. The normalized spacial score (nSPS) is 13.2. The number of benzene rings is 1. The van der Waals surface area contributed by atoms with Crippen molar-refractivity contribution in [2.24, 2.45) is 5.92 Å². The highest BCUT2D eigenvalue weighted by molar-refractivity contribution is 5.94. The first-order valence-electron chi connectivity index (χ1n) is 8.13. The van der Waals surface area contributed by atoms with Crippen LogP contribution < -0.4 is 9.47 Å². The third-order valence-electron chi connectivity index (χ3n) is 3.83. The molecular weight excluding hydrogens is 308 g/mol. The van der Waals surface area contributed by atoms with E-state index in [1.54, 1.807) is 6.92 Å². The lowest BCUT2D eigenvalue weighted by molar-refractivity contribution is 0.0721. The number of amides is 1. The molecule has 0 radical (unpaired) electrons. The summed E-state index contributed by atoms with van der Waals surface area (Å²) in [4.78, 5) is 14.6. The van der Waals surface area contributed by atoms with Crippen molar-refractivity contribution in [1.82, 2.24) is 10.1 Å². The van der Waals surface area contributed by atoms with Gasteiger partial charge in [-0.3, -0.25) is 4.79 Å². The Hall–Kier alpha value is -2.50. The SMILES string of the molecule is Cc1nocc1C(=O)N(Cc1ccc2c(c1)OCCO2)CC(C)C. The topological polar surface area (TPSA) is 64.8 Å². The molecule has 6 nitrogen and oxygen atoms in total. The predicted molar refractivity (Wildman–Crippen MR) is 88.3 cm³/mol. The number of aryl methyl sites for hydroxylation is 1. The maximum atomic E-state index is 12.8. The van der Waals surface area contributed by atoms with E-state index in [9.17, 15) is 4.79 Å². The van der Waals surface area contributed by atoms with Gasteiger partial charge in [0.05, 0.1) is 5.69 Å². The molecule has 0 saturated carbocycles. The zero-order valence-corrected chi connectivity index (χ0v) is 14.2. The fourth-order valence-corrected chi connectivity index (χ4v) is 2.73. The van der Waals surface area contributed by atoms with Crippen molar-refractivity contribution in [1.29, 1.82) is 0 Å². The van der Waals surface area contributed by atoms with Crippen molar-refractivity contribution in [2.75, 3.05) is 19.8 Å². The Morgan fingerprint density at radius 3 is 2.67 bits per heavy atom. The van der Waals surface area contributed by atoms with Crippen molar-refractivity contribution in [3.8, 4) is 11.5 Å². The fourth-order valence-electron chi connectivity index (χ4n) is 2.73. The smallest absolute Gasteiger partial charge is 0.259 e. The molecule has 0 spiro atoms. The number of ether oxygens (including phenoxy) is 2. The largest absolute Gasteiger partial charge is 0.486 e. The van der Waals surface area contributed by atoms with Crippen LogP contribution in [0.1, 0.15) is 35.5 Å². The van der Waals surface area contributed by atoms with Crippen LogP contribution in [0.2, 0.25) is 0 Å². The third kappa shape index (κ3) is 3.53. The van der Waals surface area contributed by atoms with Gasteiger partial charge in [-0.1, -0.05) is 25.1 Å². The molecule has 0 saturated heterocycles. The lowest BCUT2D eigenvalue weighted by atomic mass is 10.1. The van der Waals surface area contributed by atoms with E-state index in [1.165, 1.54) is 6.26 Å². The molecule has 0 N–H and O–H groups in total. The van der Waals surface area contributed by atoms with Crippen LogP contribution in [0.15, 0.2) is 29.0 Å². The van der Waals surface area contributed by atoms with E-state index in [1.807, 2.05) is 23.1 Å². The zero-order valence-electron chi connectivity index (χ0n) is 14.2. The summed E-state index contributed by atoms with van der Waals surface area (Å²) in [6.45, 7) is 8.21. The molecule has 1 aromatic carbocycles. The van der Waals surface area contributed by atoms with Gasteiger partial charge in [-0.05, 0) is 30.5 Å². The highest BCUT2D eigenvalue weighted by Gasteiger charge is 2.22. The third-order valence-corrected chi connectivity index (χ3v) is 3.83. The molecule has 24 heavy (non-hydrogen) atoms. The van der Waals surface area contributed by atoms with Crippen LogP contribution in [-0.2, 0) is 6.54 Å². The second kappa shape index (κ2) is 6.95. The summed E-state index contributed by atoms with van der Waals surface area (Å²) in [6, 6.07) is 5.80. The van der Waals surface area contributed by atoms with Crippen LogP contribution in [0.3, 0.4) is 0 Å². The first-order valence-corrected chi connectivity index (χ1v) is 8.13. The molecule has 1 amide bonds. The lowest BCUT2D eigenvalue weighted by Gasteiger charge is -2.25. The van der Waals surface area contributed by atoms with Crippen molar-refractivity contribution in [3.63, 3.8) is 0 Å². The summed E-state index contributed by atoms with van der Waals surface area (Å²) in [6.07, 6.45) is 1.41. The Balaban J connectivity index is 1.82. The number of aromatic nitrogens is 1. The molecule has 1 aliphatic heterocycles. The average Bonchev–Trinajstić information content (AvgIpc) is 2.99. The Kier molecular flexibility index (Phi) is 4.74. The molecule has 0 unspecified atom stereocenters. The van der Waals surface area contributed by atoms with Crippen LogP contribution in [0.5, 0.6) is 11.5 Å². The quantitative estimate of drug-likeness (QED) is 0.843. The second-order valence-corrected chi connectivity index (χ2v) is 6.37. The van der Waals surface area contributed by atoms with Gasteiger partial charge in [0.2, 0.25) is 0 Å². The monoisotopic (exact) mass is 330 g/mol. The molecule has 0 atom stereocenters. The van der Waals surface area contributed by atoms with E-state index in [0.29, 0.717) is 43.5 Å². The number of hydrogen-bond donors (Lipinski definition) is 0. The first-order chi connectivity index (χ1) is 11.5. The van der Waals surface area contributed by atoms with Crippen molar-refractivity contribution in [3.05, 3.63) is 41.3 Å². The molecule has 0 fully saturated rings. The van der Waals surface area contributed by atoms with E-state index in [-0.39, 0.29) is 5.91 Å². The summed E-state index contributed by atoms with van der Waals surface area (Å²) in [5.74, 6) is 1.77. The number of hydrogen-bond acceptors (Lipinski definition) is 5. The van der Waals surface area contributed by atoms with Gasteiger partial charge >= 0.3 is 0 Å². The molecular formula is C18H22N2O4. The molecule has 1 aliphatic rings. The fraction of sp³-hybridized carbons (Fsp3) is 0.444. The van der Waals surface area contributed by atoms with Gasteiger partial charge in [0.25, 0.3) is 5.91 Å². The van der Waals surface area contributed by atoms with Gasteiger partial charge in [0, 0.05) is 13.1 Å². The van der Waals surface area contributed by atoms with E-state index in [0.717, 1.165) is 17.1 Å². The van der Waals surface area contributed by atoms with Gasteiger partial charge in [0.15, 0.2) is 11.5 Å². The number of fused-ring (bicyclic) bond motifs is 1. The van der Waals surface area contributed by atoms with Crippen LogP contribution in [0, 0.1) is 12.8 Å². The minimum Gasteiger partial charge on any atom is -0.486 e. The molecule has 2 heterocycles. The Labute approximate surface area is 141 Å². The highest BCUT2D eigenvalue weighted by atomic mass is 16.6. The molecule has 3 rings (SSSR count). The number of carbonyl (C=O) groups excluding carboxylic acids is 1. The maximum Gasteiger partial charge on any atom is 0.259 e. The summed E-state index contributed by atoms with van der Waals surface area (Å²) in [5.41, 5.74) is 2.12. The van der Waals surface area contributed by atoms with E-state index >= 15 is 0 Å². The summed E-state index contributed by atoms with van der Waals surface area (Å²) in [5, 5.41) is 3.80. The number of rotatable bonds is 5. The Morgan fingerprint density at radius 2 is 2.00 bits per heavy atom. The second-order valence-electron chi connectivity index (χ2n) is 6.37. The Bertz CT molecular complexity index is 724. The Morgan fingerprint density at radius 1 is 1.25 bits per heavy atom. The van der Waals surface area contributed by atoms with Crippen molar-refractivity contribution in [2.45, 2.75) is 27.3 Å². The van der Waals surface area contributed by atoms with Crippen molar-refractivity contribution < 1.29 is 18.8 Å². The summed E-state index contributed by atoms with van der Waals surface area (Å²) >= 11 is 0. The van der Waals surface area contributed by atoms with Gasteiger partial charge in [-0.2, -0.15) is 0 Å². The van der Waals surface area contributed by atoms with Crippen LogP contribution in [0.4, 0.5) is 0 Å². The van der Waals surface area contributed by atoms with Crippen LogP contribution in [0.25, 0.3) is 0 Å². The van der Waals surface area contributed by atoms with E-state index < -0.39 is 0 Å². The average molecular weight is 330 g/mol. The summed E-state index contributed by atoms with van der Waals surface area (Å²) in [7, 11) is 0. The molecule has 6 heteroatoms. The summed E-state index contributed by atoms with van der Waals surface area (Å²) < 4.78 is 16.1. The van der Waals surface area contributed by atoms with Gasteiger partial charge in [-0.25, -0.2) is 0 Å². The van der Waals surface area contributed by atoms with E-state index in [2.05, 4.69) is 19.0 Å². The van der Waals surface area contributed by atoms with Crippen LogP contribution >= 0.6 is 0 Å². The minimum absolute atomic E-state index is 0.0719. The van der Waals surface area contributed by atoms with Crippen molar-refractivity contribution >= 4 is 5.91 Å². The number of nitrogens with zero attached hydrogens (tertiary/aromatic N) is 2. The molecule has 0 aliphatic carbocycles. The zero-order chi connectivity index (χ0) is 17.1. The standard InChI is InChI=1S/C18H22N2O4/c1-12(2)9-20(18(21)15-11-24-19-13(15)3)10-14-4-5-16-17(8-14)23-7-6-22-16/h4-5,8,11-12H,6-7,9-10H2,1-3H3. The van der Waals surface area contributed by atoms with E-state index in [4.69, 9.17) is 14.0 Å². The van der Waals surface area contributed by atoms with Gasteiger partial charge in [-0.15, -0.1) is 0 Å². The van der Waals surface area contributed by atoms with Crippen LogP contribution in [-0.4, -0.2) is 35.7 Å². The van der Waals surface area contributed by atoms with Gasteiger partial charge in [0.1, 0.15) is 25.0 Å². The molecule has 0 bridgehead atoms. The molecule has 1 aromatic heterocycles. The first kappa shape index (κ1) is 16.4. The highest BCUT2D eigenvalue weighted by Crippen LogP contribution is 2.31. The van der Waals surface area contributed by atoms with Gasteiger partial charge < -0.3 is 18.9 Å². The molecule has 128 valence electrons. The lowest BCUT2D eigenvalue weighted by Crippen LogP contribution is -2.34. The molecule has 2 aromatic rings.